The molecule has 0 bridgehead atoms. The van der Waals surface area contributed by atoms with Crippen LogP contribution in [0.5, 0.6) is 0 Å². The van der Waals surface area contributed by atoms with Gasteiger partial charge in [-0.15, -0.1) is 0 Å². The molecule has 154 valence electrons. The number of anilines is 1. The highest BCUT2D eigenvalue weighted by molar-refractivity contribution is 9.10. The van der Waals surface area contributed by atoms with Gasteiger partial charge >= 0.3 is 6.18 Å². The summed E-state index contributed by atoms with van der Waals surface area (Å²) in [5, 5.41) is 2.15. The molecule has 0 spiro atoms. The van der Waals surface area contributed by atoms with Crippen LogP contribution in [0.4, 0.5) is 19.1 Å². The van der Waals surface area contributed by atoms with Crippen molar-refractivity contribution >= 4 is 32.6 Å². The standard InChI is InChI=1S/C24H19BrF3NO/c1-16(20-8-4-6-18-5-2-3-7-21(18)20)29(15-17-9-11-19(25)12-10-17)23-14-13-22(30-23)24(26,27)28/h2-14,16H,15H2,1H3. The summed E-state index contributed by atoms with van der Waals surface area (Å²) in [6, 6.07) is 23.9. The summed E-state index contributed by atoms with van der Waals surface area (Å²) in [6.07, 6.45) is -4.52. The molecule has 4 rings (SSSR count). The van der Waals surface area contributed by atoms with Crippen molar-refractivity contribution < 1.29 is 17.6 Å². The molecule has 0 saturated carbocycles. The van der Waals surface area contributed by atoms with Gasteiger partial charge in [-0.3, -0.25) is 0 Å². The van der Waals surface area contributed by atoms with E-state index in [1.54, 1.807) is 0 Å². The van der Waals surface area contributed by atoms with E-state index in [0.29, 0.717) is 6.54 Å². The van der Waals surface area contributed by atoms with E-state index in [2.05, 4.69) is 15.9 Å². The fourth-order valence-corrected chi connectivity index (χ4v) is 3.87. The Kier molecular flexibility index (Phi) is 5.60. The number of benzene rings is 3. The van der Waals surface area contributed by atoms with Crippen LogP contribution in [0.2, 0.25) is 0 Å². The molecular weight excluding hydrogens is 455 g/mol. The van der Waals surface area contributed by atoms with Crippen molar-refractivity contribution in [2.75, 3.05) is 4.90 Å². The molecule has 0 aliphatic carbocycles. The Morgan fingerprint density at radius 2 is 1.60 bits per heavy atom. The third-order valence-corrected chi connectivity index (χ3v) is 5.69. The number of hydrogen-bond acceptors (Lipinski definition) is 2. The predicted molar refractivity (Wildman–Crippen MR) is 116 cm³/mol. The molecule has 0 N–H and O–H groups in total. The highest BCUT2D eigenvalue weighted by atomic mass is 79.9. The van der Waals surface area contributed by atoms with Crippen molar-refractivity contribution in [2.24, 2.45) is 0 Å². The fourth-order valence-electron chi connectivity index (χ4n) is 3.61. The number of rotatable bonds is 5. The summed E-state index contributed by atoms with van der Waals surface area (Å²) in [7, 11) is 0. The number of hydrogen-bond donors (Lipinski definition) is 0. The molecule has 0 fully saturated rings. The summed E-state index contributed by atoms with van der Waals surface area (Å²) in [5.41, 5.74) is 1.99. The molecule has 1 atom stereocenters. The molecule has 1 heterocycles. The maximum Gasteiger partial charge on any atom is 0.449 e. The second kappa shape index (κ2) is 8.19. The quantitative estimate of drug-likeness (QED) is 0.292. The Bertz CT molecular complexity index is 1150. The second-order valence-corrected chi connectivity index (χ2v) is 8.05. The van der Waals surface area contributed by atoms with Crippen molar-refractivity contribution in [3.63, 3.8) is 0 Å². The van der Waals surface area contributed by atoms with Crippen LogP contribution in [0.15, 0.2) is 87.8 Å². The highest BCUT2D eigenvalue weighted by Crippen LogP contribution is 2.38. The molecule has 0 radical (unpaired) electrons. The summed E-state index contributed by atoms with van der Waals surface area (Å²) in [6.45, 7) is 2.39. The van der Waals surface area contributed by atoms with Crippen molar-refractivity contribution in [3.05, 3.63) is 100 Å². The molecule has 0 aliphatic rings. The summed E-state index contributed by atoms with van der Waals surface area (Å²) in [4.78, 5) is 1.86. The third kappa shape index (κ3) is 4.24. The van der Waals surface area contributed by atoms with Crippen molar-refractivity contribution in [1.29, 1.82) is 0 Å². The highest BCUT2D eigenvalue weighted by Gasteiger charge is 2.36. The van der Waals surface area contributed by atoms with Gasteiger partial charge in [0.1, 0.15) is 0 Å². The van der Waals surface area contributed by atoms with Gasteiger partial charge in [-0.1, -0.05) is 70.5 Å². The Balaban J connectivity index is 1.77. The number of halogens is 4. The monoisotopic (exact) mass is 473 g/mol. The molecule has 0 amide bonds. The van der Waals surface area contributed by atoms with Gasteiger partial charge in [-0.25, -0.2) is 0 Å². The van der Waals surface area contributed by atoms with Gasteiger partial charge in [-0.05, 0) is 47.0 Å². The maximum absolute atomic E-state index is 13.2. The van der Waals surface area contributed by atoms with E-state index in [4.69, 9.17) is 4.42 Å². The number of nitrogens with zero attached hydrogens (tertiary/aromatic N) is 1. The van der Waals surface area contributed by atoms with E-state index in [0.717, 1.165) is 32.4 Å². The van der Waals surface area contributed by atoms with Gasteiger partial charge in [0.15, 0.2) is 5.88 Å². The molecule has 30 heavy (non-hydrogen) atoms. The molecule has 2 nitrogen and oxygen atoms in total. The van der Waals surface area contributed by atoms with Gasteiger partial charge in [0, 0.05) is 17.1 Å². The summed E-state index contributed by atoms with van der Waals surface area (Å²) in [5.74, 6) is -0.811. The molecule has 0 aliphatic heterocycles. The van der Waals surface area contributed by atoms with Gasteiger partial charge < -0.3 is 9.32 Å². The Morgan fingerprint density at radius 3 is 2.30 bits per heavy atom. The SMILES string of the molecule is CC(c1cccc2ccccc12)N(Cc1ccc(Br)cc1)c1ccc(C(F)(F)F)o1. The minimum atomic E-state index is -4.52. The Labute approximate surface area is 181 Å². The first-order valence-corrected chi connectivity index (χ1v) is 10.3. The molecule has 1 aromatic heterocycles. The normalized spacial score (nSPS) is 12.8. The lowest BCUT2D eigenvalue weighted by Crippen LogP contribution is -2.26. The van der Waals surface area contributed by atoms with E-state index < -0.39 is 11.9 Å². The number of fused-ring (bicyclic) bond motifs is 1. The average Bonchev–Trinajstić information content (AvgIpc) is 3.23. The lowest BCUT2D eigenvalue weighted by molar-refractivity contribution is -0.152. The van der Waals surface area contributed by atoms with Gasteiger partial charge in [0.2, 0.25) is 5.76 Å². The maximum atomic E-state index is 13.2. The Morgan fingerprint density at radius 1 is 0.900 bits per heavy atom. The lowest BCUT2D eigenvalue weighted by atomic mass is 9.98. The zero-order valence-electron chi connectivity index (χ0n) is 16.2. The second-order valence-electron chi connectivity index (χ2n) is 7.13. The molecule has 0 saturated heterocycles. The average molecular weight is 474 g/mol. The van der Waals surface area contributed by atoms with Crippen LogP contribution in [0, 0.1) is 0 Å². The number of alkyl halides is 3. The van der Waals surface area contributed by atoms with Crippen molar-refractivity contribution in [1.82, 2.24) is 0 Å². The van der Waals surface area contributed by atoms with Crippen molar-refractivity contribution in [2.45, 2.75) is 25.7 Å². The first-order chi connectivity index (χ1) is 14.3. The van der Waals surface area contributed by atoms with E-state index >= 15 is 0 Å². The largest absolute Gasteiger partial charge is 0.449 e. The van der Waals surface area contributed by atoms with E-state index in [9.17, 15) is 13.2 Å². The van der Waals surface area contributed by atoms with E-state index in [1.165, 1.54) is 6.07 Å². The molecule has 4 aromatic rings. The van der Waals surface area contributed by atoms with Crippen LogP contribution in [-0.2, 0) is 12.7 Å². The van der Waals surface area contributed by atoms with Crippen LogP contribution in [-0.4, -0.2) is 0 Å². The van der Waals surface area contributed by atoms with Crippen molar-refractivity contribution in [3.8, 4) is 0 Å². The first kappa shape index (κ1) is 20.5. The lowest BCUT2D eigenvalue weighted by Gasteiger charge is -2.30. The zero-order chi connectivity index (χ0) is 21.3. The molecule has 3 aromatic carbocycles. The summed E-state index contributed by atoms with van der Waals surface area (Å²) < 4.78 is 45.6. The molecular formula is C24H19BrF3NO. The predicted octanol–water partition coefficient (Wildman–Crippen LogP) is 7.98. The van der Waals surface area contributed by atoms with Gasteiger partial charge in [0.05, 0.1) is 6.04 Å². The topological polar surface area (TPSA) is 16.4 Å². The summed E-state index contributed by atoms with van der Waals surface area (Å²) >= 11 is 3.42. The van der Waals surface area contributed by atoms with E-state index in [1.807, 2.05) is 78.6 Å². The van der Waals surface area contributed by atoms with Gasteiger partial charge in [-0.2, -0.15) is 13.2 Å². The Hall–Kier alpha value is -2.73. The zero-order valence-corrected chi connectivity index (χ0v) is 17.7. The minimum Gasteiger partial charge on any atom is -0.436 e. The smallest absolute Gasteiger partial charge is 0.436 e. The molecule has 1 unspecified atom stereocenters. The molecule has 6 heteroatoms. The fraction of sp³-hybridized carbons (Fsp3) is 0.167. The van der Waals surface area contributed by atoms with Crippen LogP contribution < -0.4 is 4.90 Å². The first-order valence-electron chi connectivity index (χ1n) is 9.49. The van der Waals surface area contributed by atoms with Crippen LogP contribution in [0.1, 0.15) is 29.9 Å². The van der Waals surface area contributed by atoms with Crippen LogP contribution >= 0.6 is 15.9 Å². The third-order valence-electron chi connectivity index (χ3n) is 5.16. The van der Waals surface area contributed by atoms with E-state index in [-0.39, 0.29) is 11.9 Å². The minimum absolute atomic E-state index is 0.186. The number of furan rings is 1. The van der Waals surface area contributed by atoms with Crippen LogP contribution in [0.3, 0.4) is 0 Å². The van der Waals surface area contributed by atoms with Gasteiger partial charge in [0.25, 0.3) is 0 Å². The van der Waals surface area contributed by atoms with Crippen LogP contribution in [0.25, 0.3) is 10.8 Å².